The van der Waals surface area contributed by atoms with Crippen LogP contribution in [-0.4, -0.2) is 60.9 Å². The average molecular weight is 448 g/mol. The third kappa shape index (κ3) is 3.87. The van der Waals surface area contributed by atoms with Crippen molar-refractivity contribution >= 4 is 35.0 Å². The molecule has 2 aliphatic rings. The zero-order chi connectivity index (χ0) is 21.5. The Kier molecular flexibility index (Phi) is 5.66. The van der Waals surface area contributed by atoms with Gasteiger partial charge in [0.25, 0.3) is 5.91 Å². The molecule has 2 aliphatic heterocycles. The molecule has 1 fully saturated rings. The summed E-state index contributed by atoms with van der Waals surface area (Å²) in [6.07, 6.45) is 0. The number of carbonyl (C=O) groups is 2. The van der Waals surface area contributed by atoms with Crippen LogP contribution in [0.5, 0.6) is 5.75 Å². The third-order valence-corrected chi connectivity index (χ3v) is 6.46. The van der Waals surface area contributed by atoms with Gasteiger partial charge in [-0.15, -0.1) is 0 Å². The zero-order valence-corrected chi connectivity index (χ0v) is 18.3. The monoisotopic (exact) mass is 447 g/mol. The van der Waals surface area contributed by atoms with E-state index in [1.165, 1.54) is 0 Å². The van der Waals surface area contributed by atoms with Crippen LogP contribution < -0.4 is 10.1 Å². The molecule has 1 saturated heterocycles. The molecular formula is C22H23Cl2N3O3. The van der Waals surface area contributed by atoms with Crippen LogP contribution in [0.1, 0.15) is 15.9 Å². The van der Waals surface area contributed by atoms with Gasteiger partial charge in [0.1, 0.15) is 12.4 Å². The van der Waals surface area contributed by atoms with Crippen molar-refractivity contribution in [1.82, 2.24) is 15.1 Å². The lowest BCUT2D eigenvalue weighted by molar-refractivity contribution is -0.134. The van der Waals surface area contributed by atoms with Crippen molar-refractivity contribution in [2.24, 2.45) is 5.92 Å². The van der Waals surface area contributed by atoms with E-state index >= 15 is 0 Å². The number of fused-ring (bicyclic) bond motifs is 1. The van der Waals surface area contributed by atoms with Crippen LogP contribution >= 0.6 is 23.2 Å². The fourth-order valence-corrected chi connectivity index (χ4v) is 4.56. The number of ether oxygens (including phenoxy) is 1. The summed E-state index contributed by atoms with van der Waals surface area (Å²) in [5, 5.41) is 4.12. The molecule has 6 nitrogen and oxygen atoms in total. The van der Waals surface area contributed by atoms with Gasteiger partial charge in [-0.3, -0.25) is 14.5 Å². The molecule has 0 unspecified atom stereocenters. The Morgan fingerprint density at radius 2 is 2.00 bits per heavy atom. The molecule has 1 N–H and O–H groups in total. The Bertz CT molecular complexity index is 997. The summed E-state index contributed by atoms with van der Waals surface area (Å²) in [6, 6.07) is 12.6. The van der Waals surface area contributed by atoms with Gasteiger partial charge in [-0.1, -0.05) is 41.4 Å². The van der Waals surface area contributed by atoms with Gasteiger partial charge in [0.05, 0.1) is 27.1 Å². The SMILES string of the molecule is CN(C)C(=O)[C@H]1CN(Cc2ccc(Cl)c(Cl)c2)C[C@@]12COc1ccccc1C(=O)N2. The number of likely N-dealkylation sites (tertiary alicyclic amines) is 1. The number of rotatable bonds is 3. The second-order valence-corrected chi connectivity index (χ2v) is 8.91. The summed E-state index contributed by atoms with van der Waals surface area (Å²) < 4.78 is 6.03. The number of para-hydroxylation sites is 1. The summed E-state index contributed by atoms with van der Waals surface area (Å²) in [7, 11) is 3.46. The summed E-state index contributed by atoms with van der Waals surface area (Å²) in [6.45, 7) is 1.78. The average Bonchev–Trinajstić information content (AvgIpc) is 2.98. The fourth-order valence-electron chi connectivity index (χ4n) is 4.24. The van der Waals surface area contributed by atoms with Crippen molar-refractivity contribution in [3.8, 4) is 5.75 Å². The number of carbonyl (C=O) groups excluding carboxylic acids is 2. The van der Waals surface area contributed by atoms with Gasteiger partial charge < -0.3 is 15.0 Å². The first kappa shape index (κ1) is 21.0. The molecule has 0 saturated carbocycles. The molecule has 0 bridgehead atoms. The first-order valence-electron chi connectivity index (χ1n) is 9.71. The second kappa shape index (κ2) is 8.10. The highest BCUT2D eigenvalue weighted by atomic mass is 35.5. The van der Waals surface area contributed by atoms with Crippen molar-refractivity contribution in [3.05, 3.63) is 63.6 Å². The molecule has 0 aliphatic carbocycles. The van der Waals surface area contributed by atoms with Gasteiger partial charge in [0.2, 0.25) is 5.91 Å². The molecule has 2 heterocycles. The van der Waals surface area contributed by atoms with E-state index < -0.39 is 11.5 Å². The highest BCUT2D eigenvalue weighted by Crippen LogP contribution is 2.35. The van der Waals surface area contributed by atoms with Crippen molar-refractivity contribution < 1.29 is 14.3 Å². The molecule has 4 rings (SSSR count). The number of halogens is 2. The Balaban J connectivity index is 1.63. The highest BCUT2D eigenvalue weighted by Gasteiger charge is 2.53. The van der Waals surface area contributed by atoms with E-state index in [1.807, 2.05) is 18.2 Å². The largest absolute Gasteiger partial charge is 0.490 e. The van der Waals surface area contributed by atoms with E-state index in [-0.39, 0.29) is 18.4 Å². The molecule has 1 spiro atoms. The van der Waals surface area contributed by atoms with Crippen molar-refractivity contribution in [2.45, 2.75) is 12.1 Å². The lowest BCUT2D eigenvalue weighted by atomic mass is 9.86. The van der Waals surface area contributed by atoms with Crippen LogP contribution in [0.2, 0.25) is 10.0 Å². The fraction of sp³-hybridized carbons (Fsp3) is 0.364. The van der Waals surface area contributed by atoms with E-state index in [2.05, 4.69) is 10.2 Å². The quantitative estimate of drug-likeness (QED) is 0.784. The normalized spacial score (nSPS) is 23.5. The number of hydrogen-bond donors (Lipinski definition) is 1. The molecule has 30 heavy (non-hydrogen) atoms. The number of nitrogens with zero attached hydrogens (tertiary/aromatic N) is 2. The minimum Gasteiger partial charge on any atom is -0.490 e. The maximum Gasteiger partial charge on any atom is 0.255 e. The molecule has 2 aromatic carbocycles. The minimum absolute atomic E-state index is 0.0403. The van der Waals surface area contributed by atoms with Crippen molar-refractivity contribution in [3.63, 3.8) is 0 Å². The van der Waals surface area contributed by atoms with Gasteiger partial charge in [0, 0.05) is 33.7 Å². The number of nitrogens with one attached hydrogen (secondary N) is 1. The first-order valence-corrected chi connectivity index (χ1v) is 10.5. The molecule has 0 radical (unpaired) electrons. The van der Waals surface area contributed by atoms with Gasteiger partial charge >= 0.3 is 0 Å². The van der Waals surface area contributed by atoms with Gasteiger partial charge in [0.15, 0.2) is 0 Å². The zero-order valence-electron chi connectivity index (χ0n) is 16.8. The number of hydrogen-bond acceptors (Lipinski definition) is 4. The Morgan fingerprint density at radius 1 is 1.23 bits per heavy atom. The predicted octanol–water partition coefficient (Wildman–Crippen LogP) is 3.07. The molecular weight excluding hydrogens is 425 g/mol. The summed E-state index contributed by atoms with van der Waals surface area (Å²) in [5.41, 5.74) is 0.642. The molecule has 2 aromatic rings. The summed E-state index contributed by atoms with van der Waals surface area (Å²) in [4.78, 5) is 29.8. The minimum atomic E-state index is -0.826. The predicted molar refractivity (Wildman–Crippen MR) is 116 cm³/mol. The maximum atomic E-state index is 13.1. The van der Waals surface area contributed by atoms with Crippen LogP contribution in [0.15, 0.2) is 42.5 Å². The number of amides is 2. The number of benzene rings is 2. The molecule has 2 amide bonds. The molecule has 2 atom stereocenters. The summed E-state index contributed by atoms with van der Waals surface area (Å²) >= 11 is 12.2. The van der Waals surface area contributed by atoms with Crippen LogP contribution in [-0.2, 0) is 11.3 Å². The van der Waals surface area contributed by atoms with Crippen molar-refractivity contribution in [1.29, 1.82) is 0 Å². The van der Waals surface area contributed by atoms with Crippen LogP contribution in [0.25, 0.3) is 0 Å². The first-order chi connectivity index (χ1) is 14.3. The maximum absolute atomic E-state index is 13.1. The molecule has 158 valence electrons. The van der Waals surface area contributed by atoms with Gasteiger partial charge in [-0.25, -0.2) is 0 Å². The van der Waals surface area contributed by atoms with Gasteiger partial charge in [-0.2, -0.15) is 0 Å². The lowest BCUT2D eigenvalue weighted by Crippen LogP contribution is -2.60. The second-order valence-electron chi connectivity index (χ2n) is 8.10. The standard InChI is InChI=1S/C22H23Cl2N3O3/c1-26(2)21(29)16-11-27(10-14-7-8-17(23)18(24)9-14)12-22(16)13-30-19-6-4-3-5-15(19)20(28)25-22/h3-9,16H,10-13H2,1-2H3,(H,25,28)/t16-,22-/m1/s1. The van der Waals surface area contributed by atoms with E-state index in [0.717, 1.165) is 5.56 Å². The van der Waals surface area contributed by atoms with Crippen LogP contribution in [0.4, 0.5) is 0 Å². The Hall–Kier alpha value is -2.28. The van der Waals surface area contributed by atoms with Crippen LogP contribution in [0.3, 0.4) is 0 Å². The Morgan fingerprint density at radius 3 is 2.73 bits per heavy atom. The third-order valence-electron chi connectivity index (χ3n) is 5.72. The van der Waals surface area contributed by atoms with Crippen molar-refractivity contribution in [2.75, 3.05) is 33.8 Å². The van der Waals surface area contributed by atoms with E-state index in [4.69, 9.17) is 27.9 Å². The summed E-state index contributed by atoms with van der Waals surface area (Å²) in [5.74, 6) is -0.170. The highest BCUT2D eigenvalue weighted by molar-refractivity contribution is 6.42. The molecule has 0 aromatic heterocycles. The van der Waals surface area contributed by atoms with E-state index in [0.29, 0.717) is 41.0 Å². The Labute approximate surface area is 185 Å². The molecule has 8 heteroatoms. The van der Waals surface area contributed by atoms with Crippen LogP contribution in [0, 0.1) is 5.92 Å². The lowest BCUT2D eigenvalue weighted by Gasteiger charge is -2.34. The van der Waals surface area contributed by atoms with E-state index in [9.17, 15) is 9.59 Å². The topological polar surface area (TPSA) is 61.9 Å². The van der Waals surface area contributed by atoms with Gasteiger partial charge in [-0.05, 0) is 29.8 Å². The smallest absolute Gasteiger partial charge is 0.255 e. The van der Waals surface area contributed by atoms with E-state index in [1.54, 1.807) is 43.3 Å².